The third kappa shape index (κ3) is 2.48. The van der Waals surface area contributed by atoms with E-state index in [-0.39, 0.29) is 18.7 Å². The summed E-state index contributed by atoms with van der Waals surface area (Å²) in [6.07, 6.45) is -1.93. The van der Waals surface area contributed by atoms with E-state index in [9.17, 15) is 19.4 Å². The van der Waals surface area contributed by atoms with Gasteiger partial charge >= 0.3 is 0 Å². The zero-order valence-corrected chi connectivity index (χ0v) is 10.4. The number of carbonyl (C=O) groups excluding carboxylic acids is 1. The third-order valence-corrected chi connectivity index (χ3v) is 3.20. The average molecular weight is 304 g/mol. The van der Waals surface area contributed by atoms with Gasteiger partial charge in [0, 0.05) is 17.6 Å². The molecule has 0 saturated carbocycles. The van der Waals surface area contributed by atoms with Gasteiger partial charge in [-0.15, -0.1) is 0 Å². The molecule has 4 nitrogen and oxygen atoms in total. The predicted molar refractivity (Wildman–Crippen MR) is 62.0 cm³/mol. The standard InChI is InChI=1S/C11H11BrFNO3/c12-6-1-2-8(13)7(3-6)11(17)14-4-9(15)10(16)5-14/h1-3,9-10,15-16H,4-5H2/t9-,10+. The Morgan fingerprint density at radius 1 is 1.35 bits per heavy atom. The molecular formula is C11H11BrFNO3. The molecule has 92 valence electrons. The van der Waals surface area contributed by atoms with Crippen molar-refractivity contribution < 1.29 is 19.4 Å². The molecule has 0 spiro atoms. The minimum atomic E-state index is -0.964. The van der Waals surface area contributed by atoms with Crippen molar-refractivity contribution in [2.75, 3.05) is 13.1 Å². The summed E-state index contributed by atoms with van der Waals surface area (Å²) in [7, 11) is 0. The number of aliphatic hydroxyl groups excluding tert-OH is 2. The molecule has 0 bridgehead atoms. The van der Waals surface area contributed by atoms with E-state index in [2.05, 4.69) is 15.9 Å². The molecule has 2 rings (SSSR count). The number of β-amino-alcohol motifs (C(OH)–C–C–N with tert-alkyl or cyclic N) is 2. The van der Waals surface area contributed by atoms with Crippen LogP contribution in [0.1, 0.15) is 10.4 Å². The van der Waals surface area contributed by atoms with Crippen LogP contribution in [0.15, 0.2) is 22.7 Å². The van der Waals surface area contributed by atoms with Crippen LogP contribution in [0.5, 0.6) is 0 Å². The number of hydrogen-bond acceptors (Lipinski definition) is 3. The summed E-state index contributed by atoms with van der Waals surface area (Å²) in [6.45, 7) is 0.0396. The van der Waals surface area contributed by atoms with E-state index in [1.807, 2.05) is 0 Å². The maximum atomic E-state index is 13.5. The highest BCUT2D eigenvalue weighted by atomic mass is 79.9. The van der Waals surface area contributed by atoms with Crippen molar-refractivity contribution in [1.82, 2.24) is 4.90 Å². The summed E-state index contributed by atoms with van der Waals surface area (Å²) in [4.78, 5) is 13.2. The number of aliphatic hydroxyl groups is 2. The molecule has 0 unspecified atom stereocenters. The smallest absolute Gasteiger partial charge is 0.257 e. The van der Waals surface area contributed by atoms with Crippen LogP contribution in [0.3, 0.4) is 0 Å². The predicted octanol–water partition coefficient (Wildman–Crippen LogP) is 0.766. The van der Waals surface area contributed by atoms with E-state index in [4.69, 9.17) is 0 Å². The Labute approximate surface area is 106 Å². The van der Waals surface area contributed by atoms with Crippen molar-refractivity contribution in [2.45, 2.75) is 12.2 Å². The normalized spacial score (nSPS) is 24.1. The van der Waals surface area contributed by atoms with Gasteiger partial charge in [0.25, 0.3) is 5.91 Å². The zero-order valence-electron chi connectivity index (χ0n) is 8.81. The lowest BCUT2D eigenvalue weighted by Gasteiger charge is -2.15. The Balaban J connectivity index is 2.23. The molecule has 1 saturated heterocycles. The first-order chi connectivity index (χ1) is 7.99. The second-order valence-corrected chi connectivity index (χ2v) is 4.88. The van der Waals surface area contributed by atoms with Crippen molar-refractivity contribution in [2.24, 2.45) is 0 Å². The van der Waals surface area contributed by atoms with Gasteiger partial charge in [-0.2, -0.15) is 0 Å². The summed E-state index contributed by atoms with van der Waals surface area (Å²) in [5.74, 6) is -1.14. The van der Waals surface area contributed by atoms with E-state index < -0.39 is 23.9 Å². The lowest BCUT2D eigenvalue weighted by molar-refractivity contribution is 0.0572. The Bertz CT molecular complexity index is 444. The average Bonchev–Trinajstić information content (AvgIpc) is 2.62. The second kappa shape index (κ2) is 4.72. The zero-order chi connectivity index (χ0) is 12.6. The maximum absolute atomic E-state index is 13.5. The fraction of sp³-hybridized carbons (Fsp3) is 0.364. The second-order valence-electron chi connectivity index (χ2n) is 3.97. The first-order valence-electron chi connectivity index (χ1n) is 5.09. The number of nitrogens with zero attached hydrogens (tertiary/aromatic N) is 1. The van der Waals surface area contributed by atoms with Gasteiger partial charge in [-0.1, -0.05) is 15.9 Å². The number of carbonyl (C=O) groups is 1. The van der Waals surface area contributed by atoms with Crippen LogP contribution < -0.4 is 0 Å². The molecule has 1 aromatic carbocycles. The van der Waals surface area contributed by atoms with E-state index in [1.165, 1.54) is 23.1 Å². The molecule has 0 aliphatic carbocycles. The molecule has 17 heavy (non-hydrogen) atoms. The summed E-state index contributed by atoms with van der Waals surface area (Å²) < 4.78 is 14.1. The maximum Gasteiger partial charge on any atom is 0.257 e. The summed E-state index contributed by atoms with van der Waals surface area (Å²) in [5.41, 5.74) is -0.0688. The fourth-order valence-corrected chi connectivity index (χ4v) is 2.13. The van der Waals surface area contributed by atoms with Gasteiger partial charge in [-0.3, -0.25) is 4.79 Å². The molecule has 2 N–H and O–H groups in total. The largest absolute Gasteiger partial charge is 0.388 e. The highest BCUT2D eigenvalue weighted by molar-refractivity contribution is 9.10. The molecule has 1 aliphatic heterocycles. The van der Waals surface area contributed by atoms with Crippen LogP contribution in [0.2, 0.25) is 0 Å². The van der Waals surface area contributed by atoms with Crippen molar-refractivity contribution in [3.8, 4) is 0 Å². The molecular weight excluding hydrogens is 293 g/mol. The van der Waals surface area contributed by atoms with Crippen LogP contribution in [0.25, 0.3) is 0 Å². The number of benzene rings is 1. The van der Waals surface area contributed by atoms with Gasteiger partial charge in [0.1, 0.15) is 5.82 Å². The Hall–Kier alpha value is -0.980. The number of amides is 1. The van der Waals surface area contributed by atoms with Crippen LogP contribution in [0.4, 0.5) is 4.39 Å². The van der Waals surface area contributed by atoms with Crippen molar-refractivity contribution in [3.05, 3.63) is 34.1 Å². The Kier molecular flexibility index (Phi) is 3.46. The van der Waals surface area contributed by atoms with Gasteiger partial charge in [0.15, 0.2) is 0 Å². The van der Waals surface area contributed by atoms with Crippen molar-refractivity contribution in [1.29, 1.82) is 0 Å². The molecule has 1 heterocycles. The van der Waals surface area contributed by atoms with Crippen LogP contribution in [-0.2, 0) is 0 Å². The molecule has 1 aromatic rings. The Morgan fingerprint density at radius 2 is 1.94 bits per heavy atom. The molecule has 2 atom stereocenters. The monoisotopic (exact) mass is 303 g/mol. The molecule has 1 aliphatic rings. The van der Waals surface area contributed by atoms with E-state index in [0.717, 1.165) is 0 Å². The number of likely N-dealkylation sites (tertiary alicyclic amines) is 1. The SMILES string of the molecule is O=C(c1cc(Br)ccc1F)N1C[C@@H](O)[C@@H](O)C1. The lowest BCUT2D eigenvalue weighted by Crippen LogP contribution is -2.30. The highest BCUT2D eigenvalue weighted by Gasteiger charge is 2.33. The third-order valence-electron chi connectivity index (χ3n) is 2.71. The van der Waals surface area contributed by atoms with Gasteiger partial charge in [-0.05, 0) is 18.2 Å². The molecule has 6 heteroatoms. The van der Waals surface area contributed by atoms with Crippen LogP contribution in [-0.4, -0.2) is 46.3 Å². The topological polar surface area (TPSA) is 60.8 Å². The summed E-state index contributed by atoms with van der Waals surface area (Å²) in [5, 5.41) is 18.7. The van der Waals surface area contributed by atoms with Gasteiger partial charge in [0.2, 0.25) is 0 Å². The van der Waals surface area contributed by atoms with E-state index in [1.54, 1.807) is 0 Å². The minimum absolute atomic E-state index is 0.0198. The van der Waals surface area contributed by atoms with E-state index in [0.29, 0.717) is 4.47 Å². The van der Waals surface area contributed by atoms with E-state index >= 15 is 0 Å². The van der Waals surface area contributed by atoms with Gasteiger partial charge < -0.3 is 15.1 Å². The highest BCUT2D eigenvalue weighted by Crippen LogP contribution is 2.20. The van der Waals surface area contributed by atoms with Crippen LogP contribution in [0, 0.1) is 5.82 Å². The summed E-state index contributed by atoms with van der Waals surface area (Å²) >= 11 is 3.16. The first kappa shape index (κ1) is 12.5. The number of rotatable bonds is 1. The lowest BCUT2D eigenvalue weighted by atomic mass is 10.2. The van der Waals surface area contributed by atoms with Crippen LogP contribution >= 0.6 is 15.9 Å². The molecule has 0 radical (unpaired) electrons. The molecule has 1 amide bonds. The Morgan fingerprint density at radius 3 is 2.53 bits per heavy atom. The molecule has 1 fully saturated rings. The first-order valence-corrected chi connectivity index (χ1v) is 5.89. The fourth-order valence-electron chi connectivity index (χ4n) is 1.77. The van der Waals surface area contributed by atoms with Crippen molar-refractivity contribution in [3.63, 3.8) is 0 Å². The van der Waals surface area contributed by atoms with Gasteiger partial charge in [-0.25, -0.2) is 4.39 Å². The van der Waals surface area contributed by atoms with Gasteiger partial charge in [0.05, 0.1) is 17.8 Å². The molecule has 0 aromatic heterocycles. The van der Waals surface area contributed by atoms with Crippen molar-refractivity contribution >= 4 is 21.8 Å². The number of halogens is 2. The minimum Gasteiger partial charge on any atom is -0.388 e. The quantitative estimate of drug-likeness (QED) is 0.805. The number of hydrogen-bond donors (Lipinski definition) is 2. The summed E-state index contributed by atoms with van der Waals surface area (Å²) in [6, 6.07) is 4.08.